The van der Waals surface area contributed by atoms with E-state index in [0.29, 0.717) is 29.9 Å². The summed E-state index contributed by atoms with van der Waals surface area (Å²) in [6.07, 6.45) is -1.87. The van der Waals surface area contributed by atoms with E-state index in [9.17, 15) is 18.0 Å². The van der Waals surface area contributed by atoms with Gasteiger partial charge in [0.15, 0.2) is 0 Å². The molecule has 33 heavy (non-hydrogen) atoms. The zero-order chi connectivity index (χ0) is 23.8. The van der Waals surface area contributed by atoms with Crippen molar-refractivity contribution in [2.45, 2.75) is 32.7 Å². The van der Waals surface area contributed by atoms with Gasteiger partial charge < -0.3 is 19.7 Å². The van der Waals surface area contributed by atoms with Crippen molar-refractivity contribution in [1.29, 1.82) is 0 Å². The maximum Gasteiger partial charge on any atom is 0.417 e. The van der Waals surface area contributed by atoms with E-state index < -0.39 is 17.7 Å². The normalized spacial score (nSPS) is 12.1. The molecule has 2 aromatic carbocycles. The second kappa shape index (κ2) is 10.8. The third kappa shape index (κ3) is 6.95. The summed E-state index contributed by atoms with van der Waals surface area (Å²) in [5.74, 6) is -0.854. The summed E-state index contributed by atoms with van der Waals surface area (Å²) in [7, 11) is 0. The number of alkyl halides is 3. The van der Waals surface area contributed by atoms with Crippen molar-refractivity contribution in [2.75, 3.05) is 6.54 Å². The topological polar surface area (TPSA) is 84.1 Å². The van der Waals surface area contributed by atoms with Gasteiger partial charge in [-0.3, -0.25) is 4.79 Å². The van der Waals surface area contributed by atoms with Gasteiger partial charge in [0.05, 0.1) is 30.2 Å². The number of aliphatic carboxylic acids is 1. The molecule has 3 rings (SSSR count). The average Bonchev–Trinajstić information content (AvgIpc) is 3.31. The summed E-state index contributed by atoms with van der Waals surface area (Å²) < 4.78 is 45.5. The van der Waals surface area contributed by atoms with Crippen molar-refractivity contribution in [1.82, 2.24) is 5.32 Å². The minimum Gasteiger partial charge on any atom is -0.481 e. The van der Waals surface area contributed by atoms with Crippen LogP contribution in [0.15, 0.2) is 70.6 Å². The molecule has 1 aromatic heterocycles. The molecule has 174 valence electrons. The maximum atomic E-state index is 13.5. The van der Waals surface area contributed by atoms with Crippen LogP contribution in [0, 0.1) is 0 Å². The van der Waals surface area contributed by atoms with Crippen LogP contribution in [-0.2, 0) is 29.0 Å². The Kier molecular flexibility index (Phi) is 7.89. The highest BCUT2D eigenvalue weighted by atomic mass is 19.4. The predicted molar refractivity (Wildman–Crippen MR) is 117 cm³/mol. The number of carboxylic acids is 1. The molecule has 0 aliphatic rings. The Hall–Kier alpha value is -3.59. The number of nitrogens with one attached hydrogen (secondary N) is 1. The molecule has 0 saturated carbocycles. The molecule has 0 amide bonds. The summed E-state index contributed by atoms with van der Waals surface area (Å²) in [6.45, 7) is 2.54. The molecule has 1 heterocycles. The number of benzene rings is 2. The van der Waals surface area contributed by atoms with Crippen LogP contribution in [0.5, 0.6) is 0 Å². The first kappa shape index (κ1) is 24.1. The van der Waals surface area contributed by atoms with Gasteiger partial charge in [-0.2, -0.15) is 13.2 Å². The Morgan fingerprint density at radius 3 is 2.48 bits per heavy atom. The van der Waals surface area contributed by atoms with Crippen LogP contribution in [0.2, 0.25) is 0 Å². The number of nitrogens with zero attached hydrogens (tertiary/aromatic N) is 1. The number of hydrogen-bond donors (Lipinski definition) is 2. The first-order valence-corrected chi connectivity index (χ1v) is 10.1. The number of carbonyl (C=O) groups is 1. The average molecular weight is 460 g/mol. The van der Waals surface area contributed by atoms with Gasteiger partial charge in [-0.25, -0.2) is 0 Å². The minimum absolute atomic E-state index is 0.0391. The highest BCUT2D eigenvalue weighted by molar-refractivity contribution is 5.98. The Bertz CT molecular complexity index is 1090. The zero-order valence-electron chi connectivity index (χ0n) is 17.9. The number of furan rings is 1. The lowest BCUT2D eigenvalue weighted by atomic mass is 9.99. The third-order valence-electron chi connectivity index (χ3n) is 4.87. The number of oxime groups is 1. The third-order valence-corrected chi connectivity index (χ3v) is 4.87. The number of carboxylic acid groups (broad SMARTS) is 1. The molecule has 0 bridgehead atoms. The van der Waals surface area contributed by atoms with Crippen molar-refractivity contribution < 1.29 is 32.3 Å². The van der Waals surface area contributed by atoms with E-state index >= 15 is 0 Å². The fraction of sp³-hybridized carbons (Fsp3) is 0.250. The standard InChI is InChI=1S/C24H23F3N2O4/c1-16(19-5-2-17(3-6-19)13-28-10-8-23(30)31)29-33-14-18-4-7-21(20-9-11-32-15-20)22(12-18)24(25,26)27/h2-7,9,11-12,15,28H,8,10,13-14H2,1H3,(H,30,31)/b29-16-. The van der Waals surface area contributed by atoms with E-state index in [2.05, 4.69) is 10.5 Å². The van der Waals surface area contributed by atoms with E-state index in [4.69, 9.17) is 14.4 Å². The van der Waals surface area contributed by atoms with Crippen molar-refractivity contribution in [3.63, 3.8) is 0 Å². The second-order valence-electron chi connectivity index (χ2n) is 7.36. The van der Waals surface area contributed by atoms with Gasteiger partial charge in [0.25, 0.3) is 0 Å². The fourth-order valence-corrected chi connectivity index (χ4v) is 3.13. The van der Waals surface area contributed by atoms with Gasteiger partial charge in [0, 0.05) is 18.7 Å². The van der Waals surface area contributed by atoms with Crippen molar-refractivity contribution in [3.8, 4) is 11.1 Å². The largest absolute Gasteiger partial charge is 0.481 e. The molecule has 0 aliphatic heterocycles. The van der Waals surface area contributed by atoms with Crippen molar-refractivity contribution in [2.24, 2.45) is 5.16 Å². The summed E-state index contributed by atoms with van der Waals surface area (Å²) in [5.41, 5.74) is 2.32. The van der Waals surface area contributed by atoms with Gasteiger partial charge >= 0.3 is 12.1 Å². The lowest BCUT2D eigenvalue weighted by Crippen LogP contribution is -2.17. The smallest absolute Gasteiger partial charge is 0.417 e. The number of rotatable bonds is 10. The van der Waals surface area contributed by atoms with Crippen molar-refractivity contribution in [3.05, 3.63) is 83.3 Å². The van der Waals surface area contributed by atoms with E-state index in [1.807, 2.05) is 24.3 Å². The molecular weight excluding hydrogens is 437 g/mol. The van der Waals surface area contributed by atoms with E-state index in [1.54, 1.807) is 13.0 Å². The molecule has 2 N–H and O–H groups in total. The minimum atomic E-state index is -4.52. The van der Waals surface area contributed by atoms with Crippen LogP contribution >= 0.6 is 0 Å². The van der Waals surface area contributed by atoms with E-state index in [0.717, 1.165) is 17.2 Å². The van der Waals surface area contributed by atoms with Crippen LogP contribution in [0.4, 0.5) is 13.2 Å². The summed E-state index contributed by atoms with van der Waals surface area (Å²) in [4.78, 5) is 15.8. The molecule has 0 fully saturated rings. The van der Waals surface area contributed by atoms with Crippen LogP contribution in [0.25, 0.3) is 11.1 Å². The summed E-state index contributed by atoms with van der Waals surface area (Å²) >= 11 is 0. The molecule has 0 radical (unpaired) electrons. The van der Waals surface area contributed by atoms with Gasteiger partial charge in [0.1, 0.15) is 6.61 Å². The lowest BCUT2D eigenvalue weighted by molar-refractivity contribution is -0.138. The lowest BCUT2D eigenvalue weighted by Gasteiger charge is -2.13. The van der Waals surface area contributed by atoms with Crippen LogP contribution in [0.1, 0.15) is 35.6 Å². The quantitative estimate of drug-likeness (QED) is 0.238. The zero-order valence-corrected chi connectivity index (χ0v) is 17.9. The SMILES string of the molecule is C/C(=N/OCc1ccc(-c2ccoc2)c(C(F)(F)F)c1)c1ccc(CNCCC(=O)O)cc1. The first-order valence-electron chi connectivity index (χ1n) is 10.1. The van der Waals surface area contributed by atoms with Crippen LogP contribution in [-0.4, -0.2) is 23.3 Å². The van der Waals surface area contributed by atoms with Gasteiger partial charge in [-0.05, 0) is 41.3 Å². The maximum absolute atomic E-state index is 13.5. The summed E-state index contributed by atoms with van der Waals surface area (Å²) in [6, 6.07) is 12.9. The molecule has 0 unspecified atom stereocenters. The summed E-state index contributed by atoms with van der Waals surface area (Å²) in [5, 5.41) is 15.7. The molecule has 9 heteroatoms. The molecule has 3 aromatic rings. The molecule has 6 nitrogen and oxygen atoms in total. The number of halogens is 3. The molecule has 0 atom stereocenters. The molecule has 0 spiro atoms. The van der Waals surface area contributed by atoms with E-state index in [-0.39, 0.29) is 18.6 Å². The number of hydrogen-bond acceptors (Lipinski definition) is 5. The van der Waals surface area contributed by atoms with Crippen LogP contribution < -0.4 is 5.32 Å². The molecule has 0 saturated heterocycles. The highest BCUT2D eigenvalue weighted by Crippen LogP contribution is 2.38. The van der Waals surface area contributed by atoms with Crippen molar-refractivity contribution >= 4 is 11.7 Å². The van der Waals surface area contributed by atoms with Gasteiger partial charge in [-0.15, -0.1) is 0 Å². The van der Waals surface area contributed by atoms with Crippen LogP contribution in [0.3, 0.4) is 0 Å². The predicted octanol–water partition coefficient (Wildman–Crippen LogP) is 5.47. The van der Waals surface area contributed by atoms with Gasteiger partial charge in [0.2, 0.25) is 0 Å². The first-order chi connectivity index (χ1) is 15.7. The molecular formula is C24H23F3N2O4. The highest BCUT2D eigenvalue weighted by Gasteiger charge is 2.34. The Morgan fingerprint density at radius 1 is 1.12 bits per heavy atom. The van der Waals surface area contributed by atoms with Gasteiger partial charge in [-0.1, -0.05) is 41.6 Å². The Labute approximate surface area is 188 Å². The second-order valence-corrected chi connectivity index (χ2v) is 7.36. The Morgan fingerprint density at radius 2 is 1.85 bits per heavy atom. The monoisotopic (exact) mass is 460 g/mol. The molecule has 0 aliphatic carbocycles. The fourth-order valence-electron chi connectivity index (χ4n) is 3.13. The Balaban J connectivity index is 1.60. The van der Waals surface area contributed by atoms with E-state index in [1.165, 1.54) is 24.7 Å².